The van der Waals surface area contributed by atoms with Crippen molar-refractivity contribution >= 4 is 33.9 Å². The quantitative estimate of drug-likeness (QED) is 0.232. The van der Waals surface area contributed by atoms with Gasteiger partial charge in [-0.25, -0.2) is 0 Å². The maximum atomic E-state index is 11.3. The van der Waals surface area contributed by atoms with Gasteiger partial charge in [0.05, 0.1) is 11.9 Å². The minimum Gasteiger partial charge on any atom is -0.872 e. The molecule has 84 valence electrons. The summed E-state index contributed by atoms with van der Waals surface area (Å²) in [6.45, 7) is 0. The maximum Gasteiger partial charge on any atom is 1.00 e. The standard InChI is InChI=1S/C10H7BrO5.3Na/c11-6-1-2-8(12)5(3-6)4-7(9(13)14)10(15)16;;;/h1-4,12H,(H,13,14)(H,15,16);;;/q;3*+1/p-3. The molecule has 0 N–H and O–H groups in total. The summed E-state index contributed by atoms with van der Waals surface area (Å²) in [5, 5.41) is 32.1. The summed E-state index contributed by atoms with van der Waals surface area (Å²) in [4.78, 5) is 20.9. The SMILES string of the molecule is O=C([O-])C(=Cc1cc(Br)ccc1[O-])C(=O)[O-].[Na+].[Na+].[Na+]. The Labute approximate surface area is 184 Å². The number of carbonyl (C=O) groups excluding carboxylic acids is 2. The van der Waals surface area contributed by atoms with Crippen LogP contribution in [0, 0.1) is 0 Å². The molecular weight excluding hydrogens is 349 g/mol. The molecule has 0 aliphatic rings. The average molecular weight is 353 g/mol. The van der Waals surface area contributed by atoms with E-state index in [1.165, 1.54) is 18.2 Å². The van der Waals surface area contributed by atoms with E-state index in [4.69, 9.17) is 0 Å². The molecule has 0 aliphatic carbocycles. The van der Waals surface area contributed by atoms with Crippen LogP contribution in [0.3, 0.4) is 0 Å². The summed E-state index contributed by atoms with van der Waals surface area (Å²) in [6, 6.07) is 3.93. The number of hydrogen-bond acceptors (Lipinski definition) is 5. The topological polar surface area (TPSA) is 103 Å². The first-order valence-electron chi connectivity index (χ1n) is 4.02. The number of carbonyl (C=O) groups is 2. The van der Waals surface area contributed by atoms with Crippen molar-refractivity contribution in [1.29, 1.82) is 0 Å². The van der Waals surface area contributed by atoms with Crippen molar-refractivity contribution in [2.45, 2.75) is 0 Å². The van der Waals surface area contributed by atoms with Crippen molar-refractivity contribution < 1.29 is 114 Å². The van der Waals surface area contributed by atoms with Crippen molar-refractivity contribution in [3.8, 4) is 5.75 Å². The molecule has 0 unspecified atom stereocenters. The second-order valence-electron chi connectivity index (χ2n) is 2.82. The molecule has 0 heterocycles. The number of hydrogen-bond donors (Lipinski definition) is 0. The van der Waals surface area contributed by atoms with Gasteiger partial charge in [0.1, 0.15) is 0 Å². The van der Waals surface area contributed by atoms with Crippen molar-refractivity contribution in [1.82, 2.24) is 0 Å². The fraction of sp³-hybridized carbons (Fsp3) is 0. The third-order valence-electron chi connectivity index (χ3n) is 1.71. The molecule has 0 bridgehead atoms. The Balaban J connectivity index is -0.000000853. The van der Waals surface area contributed by atoms with Crippen LogP contribution in [0.2, 0.25) is 0 Å². The van der Waals surface area contributed by atoms with Crippen LogP contribution in [0.1, 0.15) is 5.56 Å². The predicted molar refractivity (Wildman–Crippen MR) is 51.6 cm³/mol. The summed E-state index contributed by atoms with van der Waals surface area (Å²) in [6.07, 6.45) is 0.706. The Morgan fingerprint density at radius 3 is 1.95 bits per heavy atom. The van der Waals surface area contributed by atoms with Gasteiger partial charge in [-0.3, -0.25) is 0 Å². The van der Waals surface area contributed by atoms with E-state index >= 15 is 0 Å². The average Bonchev–Trinajstić information content (AvgIpc) is 2.18. The summed E-state index contributed by atoms with van der Waals surface area (Å²) in [5.41, 5.74) is -1.15. The predicted octanol–water partition coefficient (Wildman–Crippen LogP) is -10.6. The summed E-state index contributed by atoms with van der Waals surface area (Å²) in [7, 11) is 0. The van der Waals surface area contributed by atoms with Gasteiger partial charge in [-0.2, -0.15) is 0 Å². The second-order valence-corrected chi connectivity index (χ2v) is 3.73. The van der Waals surface area contributed by atoms with Gasteiger partial charge in [0.2, 0.25) is 0 Å². The Morgan fingerprint density at radius 2 is 1.53 bits per heavy atom. The van der Waals surface area contributed by atoms with Gasteiger partial charge in [-0.05, 0) is 23.8 Å². The monoisotopic (exact) mass is 352 g/mol. The van der Waals surface area contributed by atoms with Crippen LogP contribution in [0.5, 0.6) is 5.75 Å². The van der Waals surface area contributed by atoms with Gasteiger partial charge in [-0.15, -0.1) is 5.75 Å². The first-order chi connectivity index (χ1) is 7.41. The molecule has 0 atom stereocenters. The van der Waals surface area contributed by atoms with E-state index in [1.807, 2.05) is 0 Å². The Morgan fingerprint density at radius 1 is 1.05 bits per heavy atom. The largest absolute Gasteiger partial charge is 1.00 e. The molecule has 0 saturated heterocycles. The van der Waals surface area contributed by atoms with Crippen molar-refractivity contribution in [3.05, 3.63) is 33.8 Å². The number of rotatable bonds is 3. The molecule has 0 amide bonds. The number of aliphatic carboxylic acids is 2. The van der Waals surface area contributed by atoms with Gasteiger partial charge in [-0.1, -0.05) is 22.0 Å². The summed E-state index contributed by atoms with van der Waals surface area (Å²) >= 11 is 3.07. The smallest absolute Gasteiger partial charge is 0.872 e. The van der Waals surface area contributed by atoms with Crippen molar-refractivity contribution in [2.24, 2.45) is 0 Å². The first kappa shape index (κ1) is 25.2. The maximum absolute atomic E-state index is 11.3. The van der Waals surface area contributed by atoms with Gasteiger partial charge in [0.25, 0.3) is 0 Å². The van der Waals surface area contributed by atoms with Crippen molar-refractivity contribution in [3.63, 3.8) is 0 Å². The third-order valence-corrected chi connectivity index (χ3v) is 2.20. The van der Waals surface area contributed by atoms with E-state index in [0.717, 1.165) is 0 Å². The van der Waals surface area contributed by atoms with Gasteiger partial charge < -0.3 is 24.9 Å². The molecule has 0 saturated carbocycles. The summed E-state index contributed by atoms with van der Waals surface area (Å²) in [5.74, 6) is -4.30. The Hall–Kier alpha value is 1.18. The third kappa shape index (κ3) is 8.26. The molecule has 0 radical (unpaired) electrons. The zero-order chi connectivity index (χ0) is 12.3. The number of carboxylic acid groups (broad SMARTS) is 2. The van der Waals surface area contributed by atoms with E-state index in [0.29, 0.717) is 10.5 Å². The van der Waals surface area contributed by atoms with Gasteiger partial charge >= 0.3 is 88.7 Å². The number of carboxylic acids is 2. The Bertz CT molecular complexity index is 474. The molecule has 5 nitrogen and oxygen atoms in total. The summed E-state index contributed by atoms with van der Waals surface area (Å²) < 4.78 is 0.523. The fourth-order valence-corrected chi connectivity index (χ4v) is 1.37. The van der Waals surface area contributed by atoms with Crippen LogP contribution in [-0.2, 0) is 9.59 Å². The van der Waals surface area contributed by atoms with Crippen LogP contribution < -0.4 is 104 Å². The second kappa shape index (κ2) is 11.8. The minimum atomic E-state index is -1.90. The molecule has 1 rings (SSSR count). The fourth-order valence-electron chi connectivity index (χ4n) is 0.989. The zero-order valence-corrected chi connectivity index (χ0v) is 18.3. The van der Waals surface area contributed by atoms with Gasteiger partial charge in [0.15, 0.2) is 0 Å². The van der Waals surface area contributed by atoms with E-state index in [9.17, 15) is 24.9 Å². The van der Waals surface area contributed by atoms with Crippen LogP contribution in [0.4, 0.5) is 0 Å². The molecule has 1 aromatic rings. The van der Waals surface area contributed by atoms with Crippen molar-refractivity contribution in [2.75, 3.05) is 0 Å². The van der Waals surface area contributed by atoms with Crippen LogP contribution in [0.15, 0.2) is 28.2 Å². The molecule has 0 fully saturated rings. The molecule has 0 aliphatic heterocycles. The van der Waals surface area contributed by atoms with Crippen LogP contribution in [0.25, 0.3) is 6.08 Å². The first-order valence-corrected chi connectivity index (χ1v) is 4.82. The molecule has 19 heavy (non-hydrogen) atoms. The molecule has 0 aromatic heterocycles. The van der Waals surface area contributed by atoms with Gasteiger partial charge in [0, 0.05) is 10.0 Å². The normalized spacial score (nSPS) is 8.05. The molecule has 9 heteroatoms. The molecule has 1 aromatic carbocycles. The minimum absolute atomic E-state index is 0. The van der Waals surface area contributed by atoms with E-state index in [-0.39, 0.29) is 94.2 Å². The van der Waals surface area contributed by atoms with E-state index < -0.39 is 23.3 Å². The molecule has 0 spiro atoms. The molecular formula is C10H4BrNa3O5. The number of benzene rings is 1. The van der Waals surface area contributed by atoms with E-state index in [2.05, 4.69) is 15.9 Å². The van der Waals surface area contributed by atoms with Crippen LogP contribution >= 0.6 is 15.9 Å². The zero-order valence-electron chi connectivity index (χ0n) is 10.7. The van der Waals surface area contributed by atoms with E-state index in [1.54, 1.807) is 0 Å². The Kier molecular flexibility index (Phi) is 15.6. The number of halogens is 1. The van der Waals surface area contributed by atoms with Crippen LogP contribution in [-0.4, -0.2) is 11.9 Å².